The van der Waals surface area contributed by atoms with Crippen molar-refractivity contribution in [2.45, 2.75) is 13.3 Å². The zero-order valence-corrected chi connectivity index (χ0v) is 21.1. The number of piperazine rings is 2. The van der Waals surface area contributed by atoms with Gasteiger partial charge in [0.1, 0.15) is 0 Å². The van der Waals surface area contributed by atoms with E-state index in [1.165, 1.54) is 0 Å². The van der Waals surface area contributed by atoms with Crippen molar-refractivity contribution in [1.82, 2.24) is 30.0 Å². The highest BCUT2D eigenvalue weighted by molar-refractivity contribution is 14.0. The lowest BCUT2D eigenvalue weighted by molar-refractivity contribution is -0.131. The molecule has 11 nitrogen and oxygen atoms in total. The lowest BCUT2D eigenvalue weighted by atomic mass is 10.3. The minimum absolute atomic E-state index is 0. The van der Waals surface area contributed by atoms with Crippen LogP contribution in [0.5, 0.6) is 0 Å². The third kappa shape index (κ3) is 7.07. The molecule has 0 aliphatic carbocycles. The summed E-state index contributed by atoms with van der Waals surface area (Å²) >= 11 is 0. The first-order valence-electron chi connectivity index (χ1n) is 10.8. The molecule has 0 aromatic carbocycles. The summed E-state index contributed by atoms with van der Waals surface area (Å²) in [5.41, 5.74) is 0. The Morgan fingerprint density at radius 2 is 1.59 bits per heavy atom. The Hall–Kier alpha value is -2.38. The lowest BCUT2D eigenvalue weighted by Crippen LogP contribution is -2.54. The molecular weight excluding hydrogens is 527 g/mol. The number of amides is 2. The maximum Gasteiger partial charge on any atom is 0.409 e. The topological polar surface area (TPSA) is 106 Å². The predicted octanol–water partition coefficient (Wildman–Crippen LogP) is 0.483. The largest absolute Gasteiger partial charge is 0.450 e. The van der Waals surface area contributed by atoms with Crippen molar-refractivity contribution < 1.29 is 14.3 Å². The van der Waals surface area contributed by atoms with Gasteiger partial charge in [0.2, 0.25) is 11.9 Å². The summed E-state index contributed by atoms with van der Waals surface area (Å²) in [7, 11) is 1.73. The van der Waals surface area contributed by atoms with Gasteiger partial charge < -0.3 is 29.7 Å². The van der Waals surface area contributed by atoms with Gasteiger partial charge >= 0.3 is 6.09 Å². The molecule has 12 heteroatoms. The smallest absolute Gasteiger partial charge is 0.409 e. The van der Waals surface area contributed by atoms with Crippen molar-refractivity contribution in [2.75, 3.05) is 77.5 Å². The number of hydrogen-bond acceptors (Lipinski definition) is 7. The third-order valence-corrected chi connectivity index (χ3v) is 5.41. The highest BCUT2D eigenvalue weighted by Gasteiger charge is 2.25. The SMILES string of the molecule is CCOC(=O)N1CCN(C(=NC)NCCC(=O)N2CCN(c3ncccn3)CC2)CC1.I. The Labute approximate surface area is 206 Å². The highest BCUT2D eigenvalue weighted by Crippen LogP contribution is 2.10. The Morgan fingerprint density at radius 1 is 1.00 bits per heavy atom. The number of aromatic nitrogens is 2. The van der Waals surface area contributed by atoms with Gasteiger partial charge in [-0.2, -0.15) is 0 Å². The molecule has 2 aliphatic rings. The van der Waals surface area contributed by atoms with Crippen LogP contribution in [0, 0.1) is 0 Å². The van der Waals surface area contributed by atoms with Crippen molar-refractivity contribution in [1.29, 1.82) is 0 Å². The molecule has 0 saturated carbocycles. The third-order valence-electron chi connectivity index (χ3n) is 5.41. The zero-order valence-electron chi connectivity index (χ0n) is 18.8. The normalized spacial score (nSPS) is 17.0. The fourth-order valence-corrected chi connectivity index (χ4v) is 3.70. The number of aliphatic imine (C=N–C) groups is 1. The van der Waals surface area contributed by atoms with Crippen molar-refractivity contribution in [3.63, 3.8) is 0 Å². The minimum Gasteiger partial charge on any atom is -0.450 e. The number of nitrogens with zero attached hydrogens (tertiary/aromatic N) is 7. The second-order valence-electron chi connectivity index (χ2n) is 7.31. The molecule has 2 fully saturated rings. The molecule has 3 rings (SSSR count). The maximum absolute atomic E-state index is 12.6. The van der Waals surface area contributed by atoms with E-state index >= 15 is 0 Å². The molecule has 0 bridgehead atoms. The molecule has 2 saturated heterocycles. The van der Waals surface area contributed by atoms with Crippen molar-refractivity contribution >= 4 is 47.9 Å². The van der Waals surface area contributed by atoms with Crippen molar-refractivity contribution in [3.05, 3.63) is 18.5 Å². The predicted molar refractivity (Wildman–Crippen MR) is 132 cm³/mol. The van der Waals surface area contributed by atoms with Gasteiger partial charge in [0.05, 0.1) is 6.61 Å². The molecule has 1 aromatic rings. The Bertz CT molecular complexity index is 750. The van der Waals surface area contributed by atoms with Crippen LogP contribution in [-0.2, 0) is 9.53 Å². The quantitative estimate of drug-likeness (QED) is 0.315. The summed E-state index contributed by atoms with van der Waals surface area (Å²) in [6.07, 6.45) is 3.60. The van der Waals surface area contributed by atoms with Gasteiger partial charge in [0, 0.05) is 84.8 Å². The first-order chi connectivity index (χ1) is 15.1. The number of halogens is 1. The van der Waals surface area contributed by atoms with E-state index in [4.69, 9.17) is 4.74 Å². The molecule has 0 spiro atoms. The lowest BCUT2D eigenvalue weighted by Gasteiger charge is -2.36. The molecule has 32 heavy (non-hydrogen) atoms. The van der Waals surface area contributed by atoms with Crippen molar-refractivity contribution in [3.8, 4) is 0 Å². The number of nitrogens with one attached hydrogen (secondary N) is 1. The monoisotopic (exact) mass is 560 g/mol. The molecule has 0 radical (unpaired) electrons. The van der Waals surface area contributed by atoms with Crippen LogP contribution in [0.15, 0.2) is 23.5 Å². The van der Waals surface area contributed by atoms with Gasteiger partial charge in [-0.05, 0) is 13.0 Å². The standard InChI is InChI=1S/C20H32N8O3.HI/c1-3-31-20(30)28-15-13-26(14-16-28)18(21-2)24-8-5-17(29)25-9-11-27(12-10-25)19-22-6-4-7-23-19;/h4,6-7H,3,5,8-16H2,1-2H3,(H,21,24);1H. The summed E-state index contributed by atoms with van der Waals surface area (Å²) in [5.74, 6) is 1.59. The van der Waals surface area contributed by atoms with Crippen LogP contribution >= 0.6 is 24.0 Å². The summed E-state index contributed by atoms with van der Waals surface area (Å²) in [6, 6.07) is 1.80. The first kappa shape index (κ1) is 25.9. The van der Waals surface area contributed by atoms with E-state index in [0.717, 1.165) is 19.0 Å². The van der Waals surface area contributed by atoms with Gasteiger partial charge in [-0.1, -0.05) is 0 Å². The molecule has 0 atom stereocenters. The van der Waals surface area contributed by atoms with E-state index in [9.17, 15) is 9.59 Å². The Morgan fingerprint density at radius 3 is 2.19 bits per heavy atom. The number of ether oxygens (including phenoxy) is 1. The number of hydrogen-bond donors (Lipinski definition) is 1. The van der Waals surface area contributed by atoms with Crippen LogP contribution in [0.2, 0.25) is 0 Å². The molecule has 178 valence electrons. The Balaban J connectivity index is 0.00000363. The molecule has 3 heterocycles. The number of carbonyl (C=O) groups excluding carboxylic acids is 2. The molecule has 0 unspecified atom stereocenters. The van der Waals surface area contributed by atoms with Gasteiger partial charge in [0.15, 0.2) is 5.96 Å². The van der Waals surface area contributed by atoms with Gasteiger partial charge in [-0.25, -0.2) is 14.8 Å². The average Bonchev–Trinajstić information content (AvgIpc) is 2.83. The number of carbonyl (C=O) groups is 2. The summed E-state index contributed by atoms with van der Waals surface area (Å²) < 4.78 is 5.05. The fourth-order valence-electron chi connectivity index (χ4n) is 3.70. The maximum atomic E-state index is 12.6. The first-order valence-corrected chi connectivity index (χ1v) is 10.8. The number of guanidine groups is 1. The van der Waals surface area contributed by atoms with Gasteiger partial charge in [0.25, 0.3) is 0 Å². The van der Waals surface area contributed by atoms with E-state index in [2.05, 4.69) is 30.1 Å². The minimum atomic E-state index is -0.269. The van der Waals surface area contributed by atoms with Crippen LogP contribution in [0.3, 0.4) is 0 Å². The molecule has 1 aromatic heterocycles. The van der Waals surface area contributed by atoms with Gasteiger partial charge in [-0.15, -0.1) is 24.0 Å². The van der Waals surface area contributed by atoms with Crippen LogP contribution in [0.4, 0.5) is 10.7 Å². The second kappa shape index (κ2) is 13.2. The van der Waals surface area contributed by atoms with Crippen LogP contribution < -0.4 is 10.2 Å². The van der Waals surface area contributed by atoms with E-state index in [-0.39, 0.29) is 36.0 Å². The highest BCUT2D eigenvalue weighted by atomic mass is 127. The Kier molecular flexibility index (Phi) is 10.7. The van der Waals surface area contributed by atoms with Crippen molar-refractivity contribution in [2.24, 2.45) is 4.99 Å². The van der Waals surface area contributed by atoms with Crippen LogP contribution in [-0.4, -0.2) is 115 Å². The van der Waals surface area contributed by atoms with E-state index in [0.29, 0.717) is 64.8 Å². The summed E-state index contributed by atoms with van der Waals surface area (Å²) in [4.78, 5) is 45.1. The van der Waals surface area contributed by atoms with E-state index in [1.807, 2.05) is 4.90 Å². The van der Waals surface area contributed by atoms with Crippen LogP contribution in [0.1, 0.15) is 13.3 Å². The number of rotatable bonds is 5. The number of anilines is 1. The average molecular weight is 560 g/mol. The van der Waals surface area contributed by atoms with E-state index < -0.39 is 0 Å². The molecule has 1 N–H and O–H groups in total. The molecule has 2 aliphatic heterocycles. The summed E-state index contributed by atoms with van der Waals surface area (Å²) in [5, 5.41) is 3.28. The second-order valence-corrected chi connectivity index (χ2v) is 7.31. The molecule has 2 amide bonds. The summed E-state index contributed by atoms with van der Waals surface area (Å²) in [6.45, 7) is 8.04. The molecular formula is C20H33IN8O3. The van der Waals surface area contributed by atoms with E-state index in [1.54, 1.807) is 37.3 Å². The fraction of sp³-hybridized carbons (Fsp3) is 0.650. The zero-order chi connectivity index (χ0) is 22.1. The van der Waals surface area contributed by atoms with Crippen LogP contribution in [0.25, 0.3) is 0 Å². The van der Waals surface area contributed by atoms with Gasteiger partial charge in [-0.3, -0.25) is 9.79 Å².